The van der Waals surface area contributed by atoms with E-state index in [1.807, 2.05) is 0 Å². The minimum atomic E-state index is -1.03. The average molecular weight is 555 g/mol. The molecular formula is C31H26N2O8. The number of aromatic hydroxyl groups is 1. The van der Waals surface area contributed by atoms with Crippen molar-refractivity contribution in [2.24, 2.45) is 0 Å². The summed E-state index contributed by atoms with van der Waals surface area (Å²) in [5, 5.41) is 21.5. The number of Topliss-reactive ketones (excluding diaryl/α,β-unsaturated/α-hetero) is 2. The molecule has 7 rings (SSSR count). The predicted octanol–water partition coefficient (Wildman–Crippen LogP) is 3.82. The first-order valence-electron chi connectivity index (χ1n) is 13.2. The van der Waals surface area contributed by atoms with E-state index in [4.69, 9.17) is 14.2 Å². The number of anilines is 2. The fourth-order valence-corrected chi connectivity index (χ4v) is 7.36. The van der Waals surface area contributed by atoms with Gasteiger partial charge in [-0.1, -0.05) is 0 Å². The molecular weight excluding hydrogens is 528 g/mol. The smallest absolute Gasteiger partial charge is 0.194 e. The van der Waals surface area contributed by atoms with Crippen molar-refractivity contribution in [3.05, 3.63) is 43.7 Å². The number of hydrogen-bond donors (Lipinski definition) is 3. The Labute approximate surface area is 232 Å². The number of rotatable bonds is 5. The summed E-state index contributed by atoms with van der Waals surface area (Å²) in [6, 6.07) is 2.68. The Morgan fingerprint density at radius 3 is 1.71 bits per heavy atom. The average Bonchev–Trinajstić information content (AvgIpc) is 2.95. The van der Waals surface area contributed by atoms with E-state index in [2.05, 4.69) is 10.6 Å². The Balaban J connectivity index is 2.00. The number of carbonyl (C=O) groups excluding carboxylic acids is 2. The number of carbonyl (C=O) groups is 2. The number of benzene rings is 5. The second-order valence-corrected chi connectivity index (χ2v) is 10.6. The lowest BCUT2D eigenvalue weighted by Gasteiger charge is -2.37. The maximum absolute atomic E-state index is 13.8. The molecule has 0 bridgehead atoms. The van der Waals surface area contributed by atoms with Gasteiger partial charge in [0.15, 0.2) is 22.4 Å². The number of fused-ring (bicyclic) bond motifs is 4. The molecule has 0 unspecified atom stereocenters. The molecule has 0 spiro atoms. The third kappa shape index (κ3) is 2.86. The summed E-state index contributed by atoms with van der Waals surface area (Å²) in [6.07, 6.45) is 0. The van der Waals surface area contributed by atoms with Crippen LogP contribution >= 0.6 is 0 Å². The van der Waals surface area contributed by atoms with Crippen LogP contribution in [0.15, 0.2) is 21.7 Å². The number of hydrogen-bond acceptors (Lipinski definition) is 10. The fourth-order valence-electron chi connectivity index (χ4n) is 7.36. The SMILES string of the molecule is COc1c(O)c2c(=O)cc(OC)c3c4c(OC)cc(=O)c5c6c(c7c(c(c1[C@H](C(C)=O)[C@H]7C(C)=O)c23)c54)NCCN6. The standard InChI is InChI=1S/C31H26N2O8/c1-10(34)16-17(11(2)35)27-25-23-19(30(38)31(27)41-5)13(37)9-15(40-4)21(23)20-14(39-3)8-12(36)18-22(20)24(25)26(16)29-28(18)32-6-7-33-29/h8-9,16-17,32-33,38H,6-7H2,1-5H3/t16-,17-/m1/s1. The summed E-state index contributed by atoms with van der Waals surface area (Å²) >= 11 is 0. The summed E-state index contributed by atoms with van der Waals surface area (Å²) in [6.45, 7) is 3.88. The monoisotopic (exact) mass is 554 g/mol. The van der Waals surface area contributed by atoms with E-state index >= 15 is 0 Å². The van der Waals surface area contributed by atoms with Crippen molar-refractivity contribution in [2.45, 2.75) is 25.7 Å². The molecule has 1 heterocycles. The molecule has 0 aromatic heterocycles. The van der Waals surface area contributed by atoms with Crippen LogP contribution in [-0.4, -0.2) is 51.1 Å². The molecule has 0 radical (unpaired) electrons. The lowest BCUT2D eigenvalue weighted by atomic mass is 9.67. The lowest BCUT2D eigenvalue weighted by molar-refractivity contribution is -0.125. The third-order valence-corrected chi connectivity index (χ3v) is 8.72. The zero-order valence-corrected chi connectivity index (χ0v) is 23.0. The molecule has 0 fully saturated rings. The van der Waals surface area contributed by atoms with Crippen LogP contribution in [0, 0.1) is 0 Å². The van der Waals surface area contributed by atoms with Crippen molar-refractivity contribution in [1.29, 1.82) is 0 Å². The van der Waals surface area contributed by atoms with Gasteiger partial charge in [-0.2, -0.15) is 0 Å². The van der Waals surface area contributed by atoms with Crippen LogP contribution in [0.1, 0.15) is 36.8 Å². The zero-order chi connectivity index (χ0) is 29.1. The van der Waals surface area contributed by atoms with Crippen LogP contribution in [0.2, 0.25) is 0 Å². The predicted molar refractivity (Wildman–Crippen MR) is 157 cm³/mol. The van der Waals surface area contributed by atoms with Crippen molar-refractivity contribution in [1.82, 2.24) is 0 Å². The minimum Gasteiger partial charge on any atom is -0.504 e. The number of ketones is 2. The molecule has 41 heavy (non-hydrogen) atoms. The van der Waals surface area contributed by atoms with Crippen LogP contribution in [0.3, 0.4) is 0 Å². The number of ether oxygens (including phenoxy) is 3. The van der Waals surface area contributed by atoms with Gasteiger partial charge in [0.25, 0.3) is 0 Å². The molecule has 0 saturated carbocycles. The quantitative estimate of drug-likeness (QED) is 0.217. The molecule has 2 aliphatic rings. The van der Waals surface area contributed by atoms with Crippen molar-refractivity contribution in [2.75, 3.05) is 45.1 Å². The first kappa shape index (κ1) is 25.1. The number of phenols is 1. The first-order chi connectivity index (χ1) is 19.7. The van der Waals surface area contributed by atoms with E-state index in [1.165, 1.54) is 47.3 Å². The van der Waals surface area contributed by atoms with Gasteiger partial charge in [-0.05, 0) is 30.2 Å². The first-order valence-corrected chi connectivity index (χ1v) is 13.2. The molecule has 208 valence electrons. The van der Waals surface area contributed by atoms with Crippen LogP contribution in [0.25, 0.3) is 43.1 Å². The molecule has 5 aromatic rings. The lowest BCUT2D eigenvalue weighted by Crippen LogP contribution is -2.31. The highest BCUT2D eigenvalue weighted by Gasteiger charge is 2.45. The van der Waals surface area contributed by atoms with Crippen LogP contribution in [0.4, 0.5) is 11.4 Å². The van der Waals surface area contributed by atoms with E-state index in [0.717, 1.165) is 0 Å². The van der Waals surface area contributed by atoms with Crippen molar-refractivity contribution >= 4 is 66.0 Å². The van der Waals surface area contributed by atoms with Gasteiger partial charge in [-0.15, -0.1) is 0 Å². The highest BCUT2D eigenvalue weighted by atomic mass is 16.5. The van der Waals surface area contributed by atoms with Gasteiger partial charge in [0.05, 0.1) is 55.3 Å². The normalized spacial score (nSPS) is 17.6. The molecule has 10 heteroatoms. The van der Waals surface area contributed by atoms with Gasteiger partial charge in [-0.3, -0.25) is 19.2 Å². The molecule has 2 atom stereocenters. The third-order valence-electron chi connectivity index (χ3n) is 8.72. The van der Waals surface area contributed by atoms with E-state index in [0.29, 0.717) is 73.3 Å². The van der Waals surface area contributed by atoms with Gasteiger partial charge in [0, 0.05) is 52.3 Å². The maximum atomic E-state index is 13.8. The highest BCUT2D eigenvalue weighted by Crippen LogP contribution is 2.61. The second-order valence-electron chi connectivity index (χ2n) is 10.6. The van der Waals surface area contributed by atoms with E-state index in [9.17, 15) is 24.3 Å². The second kappa shape index (κ2) is 8.33. The Bertz CT molecular complexity index is 2140. The van der Waals surface area contributed by atoms with Gasteiger partial charge < -0.3 is 30.0 Å². The zero-order valence-electron chi connectivity index (χ0n) is 23.0. The van der Waals surface area contributed by atoms with Crippen molar-refractivity contribution in [3.63, 3.8) is 0 Å². The Morgan fingerprint density at radius 1 is 0.683 bits per heavy atom. The molecule has 0 amide bonds. The Morgan fingerprint density at radius 2 is 1.17 bits per heavy atom. The largest absolute Gasteiger partial charge is 0.504 e. The van der Waals surface area contributed by atoms with Gasteiger partial charge in [0.1, 0.15) is 23.1 Å². The summed E-state index contributed by atoms with van der Waals surface area (Å²) < 4.78 is 17.2. The van der Waals surface area contributed by atoms with E-state index < -0.39 is 23.0 Å². The topological polar surface area (TPSA) is 140 Å². The number of methoxy groups -OCH3 is 3. The minimum absolute atomic E-state index is 0.0122. The number of phenolic OH excluding ortho intramolecular Hbond substituents is 1. The maximum Gasteiger partial charge on any atom is 0.194 e. The molecule has 10 nitrogen and oxygen atoms in total. The fraction of sp³-hybridized carbons (Fsp3) is 0.290. The Kier molecular flexibility index (Phi) is 5.10. The van der Waals surface area contributed by atoms with Crippen molar-refractivity contribution < 1.29 is 28.9 Å². The highest BCUT2D eigenvalue weighted by molar-refractivity contribution is 6.40. The summed E-state index contributed by atoms with van der Waals surface area (Å²) in [4.78, 5) is 54.4. The number of nitrogens with one attached hydrogen (secondary N) is 2. The summed E-state index contributed by atoms with van der Waals surface area (Å²) in [5.41, 5.74) is 1.17. The molecule has 5 aromatic carbocycles. The molecule has 0 saturated heterocycles. The van der Waals surface area contributed by atoms with E-state index in [-0.39, 0.29) is 39.6 Å². The molecule has 1 aliphatic carbocycles. The van der Waals surface area contributed by atoms with Gasteiger partial charge >= 0.3 is 0 Å². The van der Waals surface area contributed by atoms with E-state index in [1.54, 1.807) is 0 Å². The van der Waals surface area contributed by atoms with Gasteiger partial charge in [0.2, 0.25) is 0 Å². The van der Waals surface area contributed by atoms with Crippen molar-refractivity contribution in [3.8, 4) is 23.0 Å². The van der Waals surface area contributed by atoms with Crippen LogP contribution in [-0.2, 0) is 9.59 Å². The molecule has 1 aliphatic heterocycles. The van der Waals surface area contributed by atoms with Gasteiger partial charge in [-0.25, -0.2) is 0 Å². The summed E-state index contributed by atoms with van der Waals surface area (Å²) in [7, 11) is 4.23. The van der Waals surface area contributed by atoms with Crippen LogP contribution in [0.5, 0.6) is 23.0 Å². The van der Waals surface area contributed by atoms with Crippen LogP contribution < -0.4 is 35.7 Å². The molecule has 3 N–H and O–H groups in total. The summed E-state index contributed by atoms with van der Waals surface area (Å²) in [5.74, 6) is -2.57. The Hall–Kier alpha value is -4.86.